The fraction of sp³-hybridized carbons (Fsp3) is 0.172. The van der Waals surface area contributed by atoms with Gasteiger partial charge in [0.25, 0.3) is 11.4 Å². The molecule has 0 radical (unpaired) electrons. The highest BCUT2D eigenvalue weighted by Gasteiger charge is 2.24. The molecule has 0 fully saturated rings. The van der Waals surface area contributed by atoms with Crippen LogP contribution in [0.25, 0.3) is 39.0 Å². The van der Waals surface area contributed by atoms with E-state index in [0.717, 1.165) is 27.9 Å². The quantitative estimate of drug-likeness (QED) is 0.299. The fourth-order valence-corrected chi connectivity index (χ4v) is 4.95. The van der Waals surface area contributed by atoms with E-state index in [1.54, 1.807) is 22.4 Å². The highest BCUT2D eigenvalue weighted by Crippen LogP contribution is 2.34. The average Bonchev–Trinajstić information content (AvgIpc) is 3.59. The third kappa shape index (κ3) is 4.37. The smallest absolute Gasteiger partial charge is 0.263 e. The van der Waals surface area contributed by atoms with Gasteiger partial charge in [0.15, 0.2) is 0 Å². The summed E-state index contributed by atoms with van der Waals surface area (Å²) in [6, 6.07) is 17.2. The lowest BCUT2D eigenvalue weighted by Crippen LogP contribution is -2.27. The molecule has 0 aliphatic rings. The molecule has 2 aromatic carbocycles. The number of hydrogen-bond donors (Lipinski definition) is 2. The number of nitrogens with zero attached hydrogens (tertiary/aromatic N) is 7. The van der Waals surface area contributed by atoms with Crippen molar-refractivity contribution in [1.82, 2.24) is 34.5 Å². The van der Waals surface area contributed by atoms with Crippen molar-refractivity contribution in [2.45, 2.75) is 26.3 Å². The maximum atomic E-state index is 14.4. The predicted molar refractivity (Wildman–Crippen MR) is 153 cm³/mol. The lowest BCUT2D eigenvalue weighted by molar-refractivity contribution is 0.532. The number of nitrogen functional groups attached to an aromatic ring is 1. The third-order valence-electron chi connectivity index (χ3n) is 6.80. The minimum absolute atomic E-state index is 0.131. The molecule has 6 rings (SSSR count). The first-order valence-electron chi connectivity index (χ1n) is 12.8. The maximum absolute atomic E-state index is 14.4. The van der Waals surface area contributed by atoms with Gasteiger partial charge in [-0.25, -0.2) is 9.97 Å². The Bertz CT molecular complexity index is 1890. The molecule has 4 aromatic heterocycles. The summed E-state index contributed by atoms with van der Waals surface area (Å²) in [5, 5.41) is 17.3. The van der Waals surface area contributed by atoms with Crippen molar-refractivity contribution < 1.29 is 4.42 Å². The van der Waals surface area contributed by atoms with E-state index >= 15 is 0 Å². The normalized spacial score (nSPS) is 12.1. The van der Waals surface area contributed by atoms with Gasteiger partial charge in [0.05, 0.1) is 17.6 Å². The number of anilines is 2. The van der Waals surface area contributed by atoms with Gasteiger partial charge < -0.3 is 15.5 Å². The molecule has 200 valence electrons. The molecule has 0 aliphatic heterocycles. The summed E-state index contributed by atoms with van der Waals surface area (Å²) >= 11 is 0. The highest BCUT2D eigenvalue weighted by atomic mass is 16.4. The topological polar surface area (TPSA) is 143 Å². The standard InChI is InChI=1S/C29H27N9O2/c1-4-22(34-27-25(26(30)31-16-32-27)28-36-35-17(2)40-28)23-13-18-9-8-12-21(19-14-33-37(3)15-19)24(18)29(39)38(23)20-10-6-5-7-11-20/h5-16,22H,4H2,1-3H3,(H3,30,31,32,34). The molecule has 40 heavy (non-hydrogen) atoms. The van der Waals surface area contributed by atoms with Crippen molar-refractivity contribution in [2.75, 3.05) is 11.1 Å². The van der Waals surface area contributed by atoms with E-state index in [-0.39, 0.29) is 23.3 Å². The lowest BCUT2D eigenvalue weighted by Gasteiger charge is -2.24. The van der Waals surface area contributed by atoms with Gasteiger partial charge in [-0.1, -0.05) is 43.3 Å². The molecule has 11 nitrogen and oxygen atoms in total. The highest BCUT2D eigenvalue weighted by molar-refractivity contribution is 5.96. The Balaban J connectivity index is 1.56. The van der Waals surface area contributed by atoms with Gasteiger partial charge in [0.2, 0.25) is 5.89 Å². The Morgan fingerprint density at radius 1 is 1.07 bits per heavy atom. The SMILES string of the molecule is CCC(Nc1ncnc(N)c1-c1nnc(C)o1)c1cc2cccc(-c3cnn(C)c3)c2c(=O)n1-c1ccccc1. The molecule has 0 aliphatic carbocycles. The predicted octanol–water partition coefficient (Wildman–Crippen LogP) is 4.69. The summed E-state index contributed by atoms with van der Waals surface area (Å²) in [5.41, 5.74) is 9.72. The molecule has 11 heteroatoms. The number of pyridine rings is 1. The second kappa shape index (κ2) is 10.1. The van der Waals surface area contributed by atoms with Crippen molar-refractivity contribution in [3.05, 3.63) is 95.3 Å². The van der Waals surface area contributed by atoms with Crippen LogP contribution in [0.1, 0.15) is 31.0 Å². The molecular weight excluding hydrogens is 506 g/mol. The minimum atomic E-state index is -0.337. The zero-order valence-electron chi connectivity index (χ0n) is 22.2. The molecular formula is C29H27N9O2. The number of nitrogens with two attached hydrogens (primary N) is 1. The number of aromatic nitrogens is 7. The first kappa shape index (κ1) is 25.0. The Hall–Kier alpha value is -5.32. The first-order valence-corrected chi connectivity index (χ1v) is 12.8. The van der Waals surface area contributed by atoms with Crippen LogP contribution in [0.4, 0.5) is 11.6 Å². The summed E-state index contributed by atoms with van der Waals surface area (Å²) in [6.07, 6.45) is 5.69. The molecule has 4 heterocycles. The molecule has 0 spiro atoms. The molecule has 0 bridgehead atoms. The van der Waals surface area contributed by atoms with E-state index in [1.165, 1.54) is 6.33 Å². The van der Waals surface area contributed by atoms with Crippen molar-refractivity contribution in [1.29, 1.82) is 0 Å². The Morgan fingerprint density at radius 3 is 2.60 bits per heavy atom. The van der Waals surface area contributed by atoms with E-state index < -0.39 is 0 Å². The summed E-state index contributed by atoms with van der Waals surface area (Å²) in [5.74, 6) is 1.25. The largest absolute Gasteiger partial charge is 0.421 e. The summed E-state index contributed by atoms with van der Waals surface area (Å²) < 4.78 is 9.14. The van der Waals surface area contributed by atoms with Crippen LogP contribution in [0.15, 0.2) is 82.5 Å². The molecule has 1 unspecified atom stereocenters. The number of rotatable bonds is 7. The Kier molecular flexibility index (Phi) is 6.31. The van der Waals surface area contributed by atoms with Crippen LogP contribution in [-0.4, -0.2) is 34.5 Å². The van der Waals surface area contributed by atoms with Gasteiger partial charge in [-0.3, -0.25) is 14.0 Å². The van der Waals surface area contributed by atoms with Gasteiger partial charge in [0, 0.05) is 37.1 Å². The van der Waals surface area contributed by atoms with Crippen LogP contribution < -0.4 is 16.6 Å². The van der Waals surface area contributed by atoms with Crippen molar-refractivity contribution >= 4 is 22.4 Å². The summed E-state index contributed by atoms with van der Waals surface area (Å²) in [4.78, 5) is 23.0. The third-order valence-corrected chi connectivity index (χ3v) is 6.80. The Labute approximate surface area is 229 Å². The van der Waals surface area contributed by atoms with E-state index in [9.17, 15) is 4.79 Å². The number of benzene rings is 2. The van der Waals surface area contributed by atoms with Gasteiger partial charge in [-0.15, -0.1) is 10.2 Å². The number of fused-ring (bicyclic) bond motifs is 1. The van der Waals surface area contributed by atoms with Crippen LogP contribution in [0.3, 0.4) is 0 Å². The second-order valence-corrected chi connectivity index (χ2v) is 9.43. The number of hydrogen-bond acceptors (Lipinski definition) is 9. The zero-order valence-corrected chi connectivity index (χ0v) is 22.2. The van der Waals surface area contributed by atoms with E-state index in [2.05, 4.69) is 30.6 Å². The van der Waals surface area contributed by atoms with Gasteiger partial charge in [-0.05, 0) is 35.6 Å². The molecule has 0 amide bonds. The van der Waals surface area contributed by atoms with Crippen LogP contribution in [0, 0.1) is 6.92 Å². The van der Waals surface area contributed by atoms with E-state index in [4.69, 9.17) is 10.2 Å². The van der Waals surface area contributed by atoms with Gasteiger partial charge in [0.1, 0.15) is 23.5 Å². The van der Waals surface area contributed by atoms with Gasteiger partial charge >= 0.3 is 0 Å². The zero-order chi connectivity index (χ0) is 27.8. The minimum Gasteiger partial charge on any atom is -0.421 e. The molecule has 0 saturated carbocycles. The summed E-state index contributed by atoms with van der Waals surface area (Å²) in [7, 11) is 1.86. The van der Waals surface area contributed by atoms with Gasteiger partial charge in [-0.2, -0.15) is 5.10 Å². The second-order valence-electron chi connectivity index (χ2n) is 9.43. The molecule has 3 N–H and O–H groups in total. The van der Waals surface area contributed by atoms with Crippen LogP contribution >= 0.6 is 0 Å². The maximum Gasteiger partial charge on any atom is 0.263 e. The summed E-state index contributed by atoms with van der Waals surface area (Å²) in [6.45, 7) is 3.74. The number of para-hydroxylation sites is 1. The lowest BCUT2D eigenvalue weighted by atomic mass is 9.99. The Morgan fingerprint density at radius 2 is 1.90 bits per heavy atom. The fourth-order valence-electron chi connectivity index (χ4n) is 4.95. The average molecular weight is 534 g/mol. The van der Waals surface area contributed by atoms with E-state index in [0.29, 0.717) is 29.1 Å². The van der Waals surface area contributed by atoms with Crippen LogP contribution in [-0.2, 0) is 7.05 Å². The number of aryl methyl sites for hydroxylation is 2. The van der Waals surface area contributed by atoms with Crippen LogP contribution in [0.2, 0.25) is 0 Å². The molecule has 6 aromatic rings. The van der Waals surface area contributed by atoms with Crippen molar-refractivity contribution in [2.24, 2.45) is 7.05 Å². The van der Waals surface area contributed by atoms with E-state index in [1.807, 2.05) is 74.8 Å². The molecule has 0 saturated heterocycles. The van der Waals surface area contributed by atoms with Crippen molar-refractivity contribution in [3.8, 4) is 28.3 Å². The first-order chi connectivity index (χ1) is 19.4. The van der Waals surface area contributed by atoms with Crippen LogP contribution in [0.5, 0.6) is 0 Å². The molecule has 1 atom stereocenters. The monoisotopic (exact) mass is 533 g/mol. The number of nitrogens with one attached hydrogen (secondary N) is 1. The van der Waals surface area contributed by atoms with Crippen molar-refractivity contribution in [3.63, 3.8) is 0 Å².